The first-order chi connectivity index (χ1) is 11.2. The summed E-state index contributed by atoms with van der Waals surface area (Å²) >= 11 is 1.68. The molecule has 0 spiro atoms. The van der Waals surface area contributed by atoms with E-state index in [1.165, 1.54) is 11.1 Å². The summed E-state index contributed by atoms with van der Waals surface area (Å²) in [6, 6.07) is 16.9. The minimum atomic E-state index is 0.127. The van der Waals surface area contributed by atoms with Crippen LogP contribution in [0.15, 0.2) is 53.4 Å². The molecule has 124 valence electrons. The zero-order chi connectivity index (χ0) is 16.7. The average Bonchev–Trinajstić information content (AvgIpc) is 2.61. The number of ether oxygens (including phenoxy) is 1. The molecule has 4 heteroatoms. The smallest absolute Gasteiger partial charge is 0.132 e. The van der Waals surface area contributed by atoms with Gasteiger partial charge in [0.25, 0.3) is 0 Å². The van der Waals surface area contributed by atoms with E-state index >= 15 is 0 Å². The van der Waals surface area contributed by atoms with Gasteiger partial charge >= 0.3 is 0 Å². The fourth-order valence-corrected chi connectivity index (χ4v) is 3.23. The molecule has 0 aromatic heterocycles. The molecule has 0 saturated heterocycles. The molecule has 0 radical (unpaired) electrons. The number of aliphatic hydroxyl groups is 1. The maximum atomic E-state index is 9.37. The summed E-state index contributed by atoms with van der Waals surface area (Å²) in [7, 11) is 1.70. The molecule has 0 bridgehead atoms. The number of thioether (sulfide) groups is 1. The zero-order valence-corrected chi connectivity index (χ0v) is 14.8. The van der Waals surface area contributed by atoms with Crippen molar-refractivity contribution in [3.05, 3.63) is 59.7 Å². The van der Waals surface area contributed by atoms with E-state index in [2.05, 4.69) is 42.6 Å². The quantitative estimate of drug-likeness (QED) is 0.712. The number of hydrogen-bond donors (Lipinski definition) is 2. The van der Waals surface area contributed by atoms with E-state index in [-0.39, 0.29) is 18.7 Å². The Morgan fingerprint density at radius 2 is 1.87 bits per heavy atom. The predicted octanol–water partition coefficient (Wildman–Crippen LogP) is 4.19. The average molecular weight is 331 g/mol. The van der Waals surface area contributed by atoms with Gasteiger partial charge in [-0.3, -0.25) is 0 Å². The lowest BCUT2D eigenvalue weighted by Crippen LogP contribution is -2.25. The van der Waals surface area contributed by atoms with Gasteiger partial charge in [0.15, 0.2) is 0 Å². The minimum Gasteiger partial charge on any atom is -0.496 e. The molecular weight excluding hydrogens is 306 g/mol. The number of benzene rings is 2. The molecule has 0 aliphatic carbocycles. The topological polar surface area (TPSA) is 41.5 Å². The summed E-state index contributed by atoms with van der Waals surface area (Å²) < 4.78 is 5.48. The van der Waals surface area contributed by atoms with Crippen molar-refractivity contribution in [1.82, 2.24) is 5.32 Å². The van der Waals surface area contributed by atoms with Gasteiger partial charge < -0.3 is 15.2 Å². The summed E-state index contributed by atoms with van der Waals surface area (Å²) in [4.78, 5) is 1.14. The van der Waals surface area contributed by atoms with Crippen LogP contribution >= 0.6 is 11.8 Å². The fraction of sp³-hybridized carbons (Fsp3) is 0.368. The van der Waals surface area contributed by atoms with Gasteiger partial charge in [0.1, 0.15) is 5.75 Å². The van der Waals surface area contributed by atoms with Gasteiger partial charge in [0.05, 0.1) is 7.11 Å². The molecule has 2 rings (SSSR count). The third kappa shape index (κ3) is 4.74. The van der Waals surface area contributed by atoms with Crippen molar-refractivity contribution in [2.45, 2.75) is 30.3 Å². The molecule has 2 aromatic rings. The van der Waals surface area contributed by atoms with Crippen LogP contribution in [0.4, 0.5) is 0 Å². The van der Waals surface area contributed by atoms with Crippen LogP contribution in [0, 0.1) is 0 Å². The van der Waals surface area contributed by atoms with E-state index in [0.717, 1.165) is 10.6 Å². The molecule has 0 amide bonds. The van der Waals surface area contributed by atoms with Crippen LogP contribution < -0.4 is 10.1 Å². The Bertz CT molecular complexity index is 604. The number of nitrogens with one attached hydrogen (secondary N) is 1. The van der Waals surface area contributed by atoms with Crippen LogP contribution in [-0.4, -0.2) is 25.1 Å². The van der Waals surface area contributed by atoms with Gasteiger partial charge in [0.2, 0.25) is 0 Å². The van der Waals surface area contributed by atoms with Gasteiger partial charge in [-0.05, 0) is 42.9 Å². The summed E-state index contributed by atoms with van der Waals surface area (Å²) in [5.41, 5.74) is 2.37. The summed E-state index contributed by atoms with van der Waals surface area (Å²) in [6.07, 6.45) is 2.74. The van der Waals surface area contributed by atoms with Crippen LogP contribution in [0.2, 0.25) is 0 Å². The second kappa shape index (κ2) is 8.96. The molecule has 2 aromatic carbocycles. The van der Waals surface area contributed by atoms with Gasteiger partial charge in [-0.25, -0.2) is 0 Å². The minimum absolute atomic E-state index is 0.127. The van der Waals surface area contributed by atoms with Crippen LogP contribution in [0.5, 0.6) is 5.75 Å². The largest absolute Gasteiger partial charge is 0.496 e. The lowest BCUT2D eigenvalue weighted by atomic mass is 10.0. The van der Waals surface area contributed by atoms with E-state index in [9.17, 15) is 5.11 Å². The molecule has 2 atom stereocenters. The zero-order valence-electron chi connectivity index (χ0n) is 14.0. The highest BCUT2D eigenvalue weighted by Crippen LogP contribution is 2.31. The van der Waals surface area contributed by atoms with E-state index < -0.39 is 0 Å². The first-order valence-corrected chi connectivity index (χ1v) is 9.05. The molecular formula is C19H25NO2S. The molecule has 3 nitrogen and oxygen atoms in total. The van der Waals surface area contributed by atoms with Crippen molar-refractivity contribution in [2.24, 2.45) is 0 Å². The first-order valence-electron chi connectivity index (χ1n) is 7.83. The summed E-state index contributed by atoms with van der Waals surface area (Å²) in [5.74, 6) is 0.905. The van der Waals surface area contributed by atoms with Gasteiger partial charge in [-0.15, -0.1) is 11.8 Å². The molecule has 0 saturated carbocycles. The van der Waals surface area contributed by atoms with E-state index in [1.54, 1.807) is 18.9 Å². The maximum Gasteiger partial charge on any atom is 0.132 e. The molecule has 0 heterocycles. The van der Waals surface area contributed by atoms with Crippen molar-refractivity contribution in [3.63, 3.8) is 0 Å². The second-order valence-electron chi connectivity index (χ2n) is 5.48. The van der Waals surface area contributed by atoms with Crippen molar-refractivity contribution in [3.8, 4) is 5.75 Å². The lowest BCUT2D eigenvalue weighted by Gasteiger charge is -2.24. The fourth-order valence-electron chi connectivity index (χ4n) is 2.68. The molecule has 0 fully saturated rings. The highest BCUT2D eigenvalue weighted by molar-refractivity contribution is 7.98. The van der Waals surface area contributed by atoms with Gasteiger partial charge in [-0.2, -0.15) is 0 Å². The number of rotatable bonds is 8. The van der Waals surface area contributed by atoms with E-state index in [4.69, 9.17) is 4.74 Å². The number of hydrogen-bond acceptors (Lipinski definition) is 4. The third-order valence-corrected chi connectivity index (χ3v) is 4.76. The van der Waals surface area contributed by atoms with Crippen molar-refractivity contribution in [2.75, 3.05) is 20.0 Å². The maximum absolute atomic E-state index is 9.37. The monoisotopic (exact) mass is 331 g/mol. The Morgan fingerprint density at radius 3 is 2.48 bits per heavy atom. The Morgan fingerprint density at radius 1 is 1.13 bits per heavy atom. The SMILES string of the molecule is COc1cc(C(C)N[C@H](CCO)c2ccccc2)ccc1SC. The standard InChI is InChI=1S/C19H25NO2S/c1-14(16-9-10-19(23-3)18(13-16)22-2)20-17(11-12-21)15-7-5-4-6-8-15/h4-10,13-14,17,20-21H,11-12H2,1-3H3/t14?,17-/m1/s1. The van der Waals surface area contributed by atoms with Crippen molar-refractivity contribution in [1.29, 1.82) is 0 Å². The lowest BCUT2D eigenvalue weighted by molar-refractivity contribution is 0.260. The van der Waals surface area contributed by atoms with Gasteiger partial charge in [0, 0.05) is 23.6 Å². The van der Waals surface area contributed by atoms with Crippen LogP contribution in [-0.2, 0) is 0 Å². The Kier molecular flexibility index (Phi) is 6.96. The highest BCUT2D eigenvalue weighted by Gasteiger charge is 2.16. The van der Waals surface area contributed by atoms with E-state index in [1.807, 2.05) is 24.5 Å². The normalized spacial score (nSPS) is 13.6. The van der Waals surface area contributed by atoms with Crippen molar-refractivity contribution >= 4 is 11.8 Å². The first kappa shape index (κ1) is 17.9. The Labute approximate surface area is 143 Å². The molecule has 23 heavy (non-hydrogen) atoms. The summed E-state index contributed by atoms with van der Waals surface area (Å²) in [6.45, 7) is 2.30. The predicted molar refractivity (Wildman–Crippen MR) is 97.2 cm³/mol. The molecule has 0 aliphatic rings. The van der Waals surface area contributed by atoms with Crippen LogP contribution in [0.3, 0.4) is 0 Å². The molecule has 0 aliphatic heterocycles. The van der Waals surface area contributed by atoms with Crippen LogP contribution in [0.1, 0.15) is 36.6 Å². The van der Waals surface area contributed by atoms with Crippen molar-refractivity contribution < 1.29 is 9.84 Å². The molecule has 2 N–H and O–H groups in total. The molecule has 1 unspecified atom stereocenters. The number of methoxy groups -OCH3 is 1. The van der Waals surface area contributed by atoms with E-state index in [0.29, 0.717) is 6.42 Å². The highest BCUT2D eigenvalue weighted by atomic mass is 32.2. The van der Waals surface area contributed by atoms with Crippen LogP contribution in [0.25, 0.3) is 0 Å². The third-order valence-electron chi connectivity index (χ3n) is 3.98. The second-order valence-corrected chi connectivity index (χ2v) is 6.33. The summed E-state index contributed by atoms with van der Waals surface area (Å²) in [5, 5.41) is 13.0. The number of aliphatic hydroxyl groups excluding tert-OH is 1. The Hall–Kier alpha value is -1.49. The Balaban J connectivity index is 2.17. The van der Waals surface area contributed by atoms with Gasteiger partial charge in [-0.1, -0.05) is 36.4 Å².